The highest BCUT2D eigenvalue weighted by Crippen LogP contribution is 2.18. The van der Waals surface area contributed by atoms with Gasteiger partial charge in [0.2, 0.25) is 11.8 Å². The summed E-state index contributed by atoms with van der Waals surface area (Å²) in [7, 11) is 0. The first kappa shape index (κ1) is 21.9. The Hall–Kier alpha value is -2.12. The largest absolute Gasteiger partial charge is 0.370 e. The predicted molar refractivity (Wildman–Crippen MR) is 103 cm³/mol. The lowest BCUT2D eigenvalue weighted by molar-refractivity contribution is -0.118. The summed E-state index contributed by atoms with van der Waals surface area (Å²) in [5.74, 6) is -0.193. The van der Waals surface area contributed by atoms with Crippen LogP contribution in [0.5, 0.6) is 0 Å². The fourth-order valence-electron chi connectivity index (χ4n) is 2.87. The molecule has 1 fully saturated rings. The molecule has 2 rings (SSSR count). The van der Waals surface area contributed by atoms with Crippen LogP contribution in [-0.4, -0.2) is 37.4 Å². The molecule has 1 saturated heterocycles. The van der Waals surface area contributed by atoms with E-state index < -0.39 is 5.91 Å². The van der Waals surface area contributed by atoms with Crippen molar-refractivity contribution in [3.63, 3.8) is 0 Å². The van der Waals surface area contributed by atoms with Crippen LogP contribution in [0, 0.1) is 5.92 Å². The zero-order valence-corrected chi connectivity index (χ0v) is 15.6. The number of rotatable bonds is 8. The van der Waals surface area contributed by atoms with Crippen molar-refractivity contribution < 1.29 is 14.4 Å². The van der Waals surface area contributed by atoms with E-state index in [1.807, 2.05) is 0 Å². The Kier molecular flexibility index (Phi) is 9.69. The number of anilines is 1. The fraction of sp³-hybridized carbons (Fsp3) is 0.500. The van der Waals surface area contributed by atoms with Crippen LogP contribution in [0.2, 0.25) is 0 Å². The van der Waals surface area contributed by atoms with Crippen molar-refractivity contribution in [2.45, 2.75) is 32.1 Å². The van der Waals surface area contributed by atoms with Crippen LogP contribution in [0.3, 0.4) is 0 Å². The van der Waals surface area contributed by atoms with Crippen molar-refractivity contribution >= 4 is 35.8 Å². The quantitative estimate of drug-likeness (QED) is 0.544. The second-order valence-corrected chi connectivity index (χ2v) is 6.33. The Bertz CT molecular complexity index is 618. The summed E-state index contributed by atoms with van der Waals surface area (Å²) in [6.07, 6.45) is 3.71. The molecule has 0 bridgehead atoms. The van der Waals surface area contributed by atoms with E-state index in [-0.39, 0.29) is 37.2 Å². The first-order valence-electron chi connectivity index (χ1n) is 8.71. The lowest BCUT2D eigenvalue weighted by Crippen LogP contribution is -2.28. The normalized spacial score (nSPS) is 14.2. The summed E-state index contributed by atoms with van der Waals surface area (Å²) in [5.41, 5.74) is 6.06. The summed E-state index contributed by atoms with van der Waals surface area (Å²) >= 11 is 0. The summed E-state index contributed by atoms with van der Waals surface area (Å²) < 4.78 is 0. The number of carbonyl (C=O) groups is 3. The van der Waals surface area contributed by atoms with Gasteiger partial charge in [-0.05, 0) is 56.5 Å². The Morgan fingerprint density at radius 2 is 1.88 bits per heavy atom. The van der Waals surface area contributed by atoms with Gasteiger partial charge in [-0.1, -0.05) is 6.07 Å². The number of hydrogen-bond donors (Lipinski definition) is 4. The molecule has 0 spiro atoms. The van der Waals surface area contributed by atoms with E-state index in [2.05, 4.69) is 16.0 Å². The number of primary amides is 1. The number of benzene rings is 1. The van der Waals surface area contributed by atoms with E-state index in [0.717, 1.165) is 32.4 Å². The molecule has 5 N–H and O–H groups in total. The third kappa shape index (κ3) is 7.84. The highest BCUT2D eigenvalue weighted by molar-refractivity contribution is 5.97. The Morgan fingerprint density at radius 3 is 2.58 bits per heavy atom. The number of halogens is 1. The molecule has 144 valence electrons. The van der Waals surface area contributed by atoms with Gasteiger partial charge in [-0.15, -0.1) is 12.4 Å². The summed E-state index contributed by atoms with van der Waals surface area (Å²) in [4.78, 5) is 34.8. The molecule has 3 amide bonds. The molecule has 7 nitrogen and oxygen atoms in total. The maximum atomic E-state index is 12.1. The fourth-order valence-corrected chi connectivity index (χ4v) is 2.87. The van der Waals surface area contributed by atoms with Crippen molar-refractivity contribution in [1.29, 1.82) is 0 Å². The molecule has 0 saturated carbocycles. The van der Waals surface area contributed by atoms with E-state index in [0.29, 0.717) is 23.6 Å². The lowest BCUT2D eigenvalue weighted by Gasteiger charge is -2.22. The second kappa shape index (κ2) is 11.5. The van der Waals surface area contributed by atoms with E-state index in [9.17, 15) is 14.4 Å². The summed E-state index contributed by atoms with van der Waals surface area (Å²) in [6.45, 7) is 2.25. The Morgan fingerprint density at radius 1 is 1.15 bits per heavy atom. The van der Waals surface area contributed by atoms with Gasteiger partial charge in [-0.2, -0.15) is 0 Å². The standard InChI is InChI=1S/C18H26N4O3.ClH/c19-16(23)8-11-21-18(25)14-2-1-3-15(12-14)22-17(24)5-4-13-6-9-20-10-7-13;/h1-3,12-13,20H,4-11H2,(H2,19,23)(H,21,25)(H,22,24);1H. The number of nitrogens with two attached hydrogens (primary N) is 1. The number of carbonyl (C=O) groups excluding carboxylic acids is 3. The van der Waals surface area contributed by atoms with Crippen molar-refractivity contribution in [3.05, 3.63) is 29.8 Å². The molecule has 8 heteroatoms. The van der Waals surface area contributed by atoms with Gasteiger partial charge in [0, 0.05) is 30.6 Å². The highest BCUT2D eigenvalue weighted by Gasteiger charge is 2.15. The predicted octanol–water partition coefficient (Wildman–Crippen LogP) is 1.43. The van der Waals surface area contributed by atoms with Crippen molar-refractivity contribution in [2.75, 3.05) is 25.0 Å². The molecule has 0 aromatic heterocycles. The minimum Gasteiger partial charge on any atom is -0.370 e. The Balaban J connectivity index is 0.00000338. The number of amides is 3. The summed E-state index contributed by atoms with van der Waals surface area (Å²) in [5, 5.41) is 8.78. The zero-order chi connectivity index (χ0) is 18.1. The van der Waals surface area contributed by atoms with Crippen LogP contribution in [0.15, 0.2) is 24.3 Å². The van der Waals surface area contributed by atoms with Gasteiger partial charge >= 0.3 is 0 Å². The van der Waals surface area contributed by atoms with E-state index >= 15 is 0 Å². The van der Waals surface area contributed by atoms with Crippen molar-refractivity contribution in [3.8, 4) is 0 Å². The second-order valence-electron chi connectivity index (χ2n) is 6.33. The molecular weight excluding hydrogens is 356 g/mol. The van der Waals surface area contributed by atoms with Gasteiger partial charge in [-0.25, -0.2) is 0 Å². The van der Waals surface area contributed by atoms with E-state index in [4.69, 9.17) is 5.73 Å². The monoisotopic (exact) mass is 382 g/mol. The van der Waals surface area contributed by atoms with Gasteiger partial charge in [0.1, 0.15) is 0 Å². The van der Waals surface area contributed by atoms with Crippen molar-refractivity contribution in [1.82, 2.24) is 10.6 Å². The van der Waals surface area contributed by atoms with Crippen LogP contribution in [0.25, 0.3) is 0 Å². The number of piperidine rings is 1. The van der Waals surface area contributed by atoms with Gasteiger partial charge in [0.25, 0.3) is 5.91 Å². The van der Waals surface area contributed by atoms with E-state index in [1.165, 1.54) is 0 Å². The van der Waals surface area contributed by atoms with E-state index in [1.54, 1.807) is 24.3 Å². The topological polar surface area (TPSA) is 113 Å². The van der Waals surface area contributed by atoms with Gasteiger partial charge in [-0.3, -0.25) is 14.4 Å². The molecule has 1 aliphatic rings. The first-order valence-corrected chi connectivity index (χ1v) is 8.71. The molecule has 1 aromatic rings. The molecule has 26 heavy (non-hydrogen) atoms. The maximum Gasteiger partial charge on any atom is 0.251 e. The minimum atomic E-state index is -0.463. The number of nitrogens with one attached hydrogen (secondary N) is 3. The third-order valence-electron chi connectivity index (χ3n) is 4.30. The average molecular weight is 383 g/mol. The molecule has 0 radical (unpaired) electrons. The maximum absolute atomic E-state index is 12.1. The van der Waals surface area contributed by atoms with Gasteiger partial charge in [0.15, 0.2) is 0 Å². The first-order chi connectivity index (χ1) is 12.0. The van der Waals surface area contributed by atoms with Crippen molar-refractivity contribution in [2.24, 2.45) is 11.7 Å². The van der Waals surface area contributed by atoms with Crippen LogP contribution in [0.1, 0.15) is 42.5 Å². The average Bonchev–Trinajstić information content (AvgIpc) is 2.61. The number of hydrogen-bond acceptors (Lipinski definition) is 4. The molecule has 1 heterocycles. The third-order valence-corrected chi connectivity index (χ3v) is 4.30. The summed E-state index contributed by atoms with van der Waals surface area (Å²) in [6, 6.07) is 6.75. The van der Waals surface area contributed by atoms with Gasteiger partial charge in [0.05, 0.1) is 0 Å². The zero-order valence-electron chi connectivity index (χ0n) is 14.8. The Labute approximate surface area is 159 Å². The SMILES string of the molecule is Cl.NC(=O)CCNC(=O)c1cccc(NC(=O)CCC2CCNCC2)c1. The molecule has 0 aliphatic carbocycles. The van der Waals surface area contributed by atoms with Crippen LogP contribution in [0.4, 0.5) is 5.69 Å². The molecule has 0 atom stereocenters. The smallest absolute Gasteiger partial charge is 0.251 e. The van der Waals surface area contributed by atoms with Crippen LogP contribution >= 0.6 is 12.4 Å². The highest BCUT2D eigenvalue weighted by atomic mass is 35.5. The molecule has 1 aromatic carbocycles. The van der Waals surface area contributed by atoms with Crippen LogP contribution in [-0.2, 0) is 9.59 Å². The van der Waals surface area contributed by atoms with Gasteiger partial charge < -0.3 is 21.7 Å². The lowest BCUT2D eigenvalue weighted by atomic mass is 9.93. The molecule has 1 aliphatic heterocycles. The molecular formula is C18H27ClN4O3. The van der Waals surface area contributed by atoms with Crippen LogP contribution < -0.4 is 21.7 Å². The minimum absolute atomic E-state index is 0. The molecule has 0 unspecified atom stereocenters.